The molecular weight excluding hydrogens is 525 g/mol. The summed E-state index contributed by atoms with van der Waals surface area (Å²) in [5.74, 6) is -1.26. The first-order valence-corrected chi connectivity index (χ1v) is 13.4. The maximum atomic E-state index is 14.2. The van der Waals surface area contributed by atoms with Crippen molar-refractivity contribution in [1.82, 2.24) is 25.5 Å². The number of fused-ring (bicyclic) bond motifs is 1. The van der Waals surface area contributed by atoms with Crippen LogP contribution in [-0.4, -0.2) is 51.7 Å². The number of carbonyl (C=O) groups is 3. The number of aromatic amines is 1. The predicted octanol–water partition coefficient (Wildman–Crippen LogP) is 4.48. The average molecular weight is 558 g/mol. The molecule has 3 heterocycles. The van der Waals surface area contributed by atoms with Crippen molar-refractivity contribution in [2.45, 2.75) is 39.8 Å². The van der Waals surface area contributed by atoms with E-state index in [0.717, 1.165) is 22.2 Å². The molecule has 4 aromatic rings. The molecule has 41 heavy (non-hydrogen) atoms. The first-order chi connectivity index (χ1) is 19.6. The monoisotopic (exact) mass is 557 g/mol. The molecule has 5 rings (SSSR count). The minimum absolute atomic E-state index is 0.0471. The highest BCUT2D eigenvalue weighted by molar-refractivity contribution is 5.97. The molecule has 1 aliphatic heterocycles. The summed E-state index contributed by atoms with van der Waals surface area (Å²) in [6, 6.07) is 14.0. The largest absolute Gasteiger partial charge is 0.454 e. The Kier molecular flexibility index (Phi) is 7.74. The summed E-state index contributed by atoms with van der Waals surface area (Å²) in [6.07, 6.45) is 3.95. The fourth-order valence-electron chi connectivity index (χ4n) is 5.07. The fourth-order valence-corrected chi connectivity index (χ4v) is 5.07. The number of pyridine rings is 1. The van der Waals surface area contributed by atoms with Gasteiger partial charge in [0.1, 0.15) is 11.8 Å². The number of H-pyrrole nitrogens is 1. The topological polar surface area (TPSA) is 116 Å². The number of aromatic nitrogens is 2. The van der Waals surface area contributed by atoms with Crippen molar-refractivity contribution in [2.75, 3.05) is 13.1 Å². The van der Waals surface area contributed by atoms with Gasteiger partial charge in [-0.05, 0) is 66.8 Å². The van der Waals surface area contributed by atoms with E-state index in [0.29, 0.717) is 13.0 Å². The molecule has 2 aromatic carbocycles. The third kappa shape index (κ3) is 6.54. The van der Waals surface area contributed by atoms with Crippen LogP contribution >= 0.6 is 0 Å². The van der Waals surface area contributed by atoms with Crippen LogP contribution in [0.1, 0.15) is 41.9 Å². The molecule has 10 heteroatoms. The van der Waals surface area contributed by atoms with Gasteiger partial charge in [-0.15, -0.1) is 0 Å². The second-order valence-electron chi connectivity index (χ2n) is 11.1. The highest BCUT2D eigenvalue weighted by Gasteiger charge is 2.43. The van der Waals surface area contributed by atoms with Crippen molar-refractivity contribution in [3.05, 3.63) is 89.6 Å². The zero-order chi connectivity index (χ0) is 29.1. The van der Waals surface area contributed by atoms with E-state index in [2.05, 4.69) is 20.6 Å². The van der Waals surface area contributed by atoms with Crippen LogP contribution < -0.4 is 15.4 Å². The van der Waals surface area contributed by atoms with E-state index in [1.54, 1.807) is 43.6 Å². The molecule has 1 saturated heterocycles. The van der Waals surface area contributed by atoms with Gasteiger partial charge in [0.15, 0.2) is 11.6 Å². The van der Waals surface area contributed by atoms with Crippen LogP contribution in [0, 0.1) is 18.2 Å². The number of halogens is 1. The van der Waals surface area contributed by atoms with Crippen molar-refractivity contribution in [3.63, 3.8) is 0 Å². The molecule has 0 saturated carbocycles. The lowest BCUT2D eigenvalue weighted by atomic mass is 9.90. The molecule has 0 bridgehead atoms. The number of rotatable bonds is 8. The van der Waals surface area contributed by atoms with Gasteiger partial charge >= 0.3 is 0 Å². The number of carbonyl (C=O) groups excluding carboxylic acids is 3. The lowest BCUT2D eigenvalue weighted by Crippen LogP contribution is -2.49. The number of benzene rings is 2. The Morgan fingerprint density at radius 3 is 2.73 bits per heavy atom. The molecule has 0 unspecified atom stereocenters. The van der Waals surface area contributed by atoms with Gasteiger partial charge in [-0.25, -0.2) is 4.39 Å². The van der Waals surface area contributed by atoms with Crippen LogP contribution in [0.25, 0.3) is 10.9 Å². The van der Waals surface area contributed by atoms with Crippen molar-refractivity contribution >= 4 is 28.6 Å². The number of nitrogens with one attached hydrogen (secondary N) is 3. The molecule has 0 aliphatic carbocycles. The van der Waals surface area contributed by atoms with E-state index in [-0.39, 0.29) is 47.4 Å². The normalized spacial score (nSPS) is 16.0. The summed E-state index contributed by atoms with van der Waals surface area (Å²) in [5.41, 5.74) is 2.53. The summed E-state index contributed by atoms with van der Waals surface area (Å²) in [6.45, 7) is 6.20. The van der Waals surface area contributed by atoms with Crippen LogP contribution in [0.2, 0.25) is 0 Å². The Morgan fingerprint density at radius 2 is 1.95 bits per heavy atom. The number of hydrogen-bond acceptors (Lipinski definition) is 5. The lowest BCUT2D eigenvalue weighted by molar-refractivity contribution is -0.137. The quantitative estimate of drug-likeness (QED) is 0.296. The number of hydrogen-bond donors (Lipinski definition) is 3. The van der Waals surface area contributed by atoms with E-state index in [4.69, 9.17) is 4.74 Å². The Balaban J connectivity index is 1.19. The van der Waals surface area contributed by atoms with Crippen LogP contribution in [0.5, 0.6) is 11.5 Å². The van der Waals surface area contributed by atoms with Gasteiger partial charge < -0.3 is 25.3 Å². The lowest BCUT2D eigenvalue weighted by Gasteiger charge is -2.24. The zero-order valence-electron chi connectivity index (χ0n) is 23.2. The SMILES string of the molecule is Cc1ccc(Oc2cccc(C(=O)NCC(=O)N3CC(C)(C)C[C@H]3C(=O)NCc3cc4cnccc4[nH]3)c2)c(F)c1. The standard InChI is InChI=1S/C31H32FN5O4/c1-19-7-8-27(24(32)11-19)41-23-6-4-5-20(13-23)29(39)35-17-28(38)37-18-31(2,3)14-26(37)30(40)34-16-22-12-21-15-33-10-9-25(21)36-22/h4-13,15,26,36H,14,16-18H2,1-3H3,(H,34,40)(H,35,39)/t26-/m0/s1. The number of aryl methyl sites for hydroxylation is 1. The maximum Gasteiger partial charge on any atom is 0.251 e. The minimum Gasteiger partial charge on any atom is -0.454 e. The molecule has 3 N–H and O–H groups in total. The number of likely N-dealkylation sites (tertiary alicyclic amines) is 1. The second kappa shape index (κ2) is 11.4. The van der Waals surface area contributed by atoms with Crippen molar-refractivity contribution in [1.29, 1.82) is 0 Å². The predicted molar refractivity (Wildman–Crippen MR) is 152 cm³/mol. The molecule has 0 spiro atoms. The maximum absolute atomic E-state index is 14.2. The van der Waals surface area contributed by atoms with Gasteiger partial charge in [-0.1, -0.05) is 26.0 Å². The third-order valence-corrected chi connectivity index (χ3v) is 7.09. The summed E-state index contributed by atoms with van der Waals surface area (Å²) in [4.78, 5) is 48.1. The summed E-state index contributed by atoms with van der Waals surface area (Å²) in [7, 11) is 0. The Morgan fingerprint density at radius 1 is 1.12 bits per heavy atom. The summed E-state index contributed by atoms with van der Waals surface area (Å²) in [5, 5.41) is 6.53. The van der Waals surface area contributed by atoms with E-state index in [1.165, 1.54) is 23.1 Å². The van der Waals surface area contributed by atoms with Crippen molar-refractivity contribution < 1.29 is 23.5 Å². The van der Waals surface area contributed by atoms with E-state index in [9.17, 15) is 18.8 Å². The van der Waals surface area contributed by atoms with Crippen LogP contribution in [0.15, 0.2) is 67.0 Å². The van der Waals surface area contributed by atoms with Crippen LogP contribution in [0.4, 0.5) is 4.39 Å². The minimum atomic E-state index is -0.651. The molecular formula is C31H32FN5O4. The van der Waals surface area contributed by atoms with Crippen molar-refractivity contribution in [3.8, 4) is 11.5 Å². The first-order valence-electron chi connectivity index (χ1n) is 13.4. The number of nitrogens with zero attached hydrogens (tertiary/aromatic N) is 2. The highest BCUT2D eigenvalue weighted by Crippen LogP contribution is 2.34. The number of amides is 3. The molecule has 3 amide bonds. The molecule has 1 atom stereocenters. The molecule has 212 valence electrons. The third-order valence-electron chi connectivity index (χ3n) is 7.09. The summed E-state index contributed by atoms with van der Waals surface area (Å²) < 4.78 is 19.8. The molecule has 2 aromatic heterocycles. The summed E-state index contributed by atoms with van der Waals surface area (Å²) >= 11 is 0. The molecule has 9 nitrogen and oxygen atoms in total. The van der Waals surface area contributed by atoms with Crippen LogP contribution in [0.3, 0.4) is 0 Å². The van der Waals surface area contributed by atoms with Gasteiger partial charge in [-0.2, -0.15) is 0 Å². The fraction of sp³-hybridized carbons (Fsp3) is 0.290. The zero-order valence-corrected chi connectivity index (χ0v) is 23.2. The van der Waals surface area contributed by atoms with E-state index < -0.39 is 17.8 Å². The first kappa shape index (κ1) is 27.8. The number of ether oxygens (including phenoxy) is 1. The van der Waals surface area contributed by atoms with E-state index in [1.807, 2.05) is 26.0 Å². The van der Waals surface area contributed by atoms with Gasteiger partial charge in [0.2, 0.25) is 11.8 Å². The van der Waals surface area contributed by atoms with Gasteiger partial charge in [0.05, 0.1) is 13.1 Å². The van der Waals surface area contributed by atoms with Gasteiger partial charge in [0, 0.05) is 41.1 Å². The van der Waals surface area contributed by atoms with Gasteiger partial charge in [0.25, 0.3) is 5.91 Å². The molecule has 1 fully saturated rings. The molecule has 0 radical (unpaired) electrons. The Hall–Kier alpha value is -4.73. The van der Waals surface area contributed by atoms with E-state index >= 15 is 0 Å². The Labute approximate surface area is 237 Å². The molecule has 1 aliphatic rings. The van der Waals surface area contributed by atoms with Crippen molar-refractivity contribution in [2.24, 2.45) is 5.41 Å². The average Bonchev–Trinajstić information content (AvgIpc) is 3.52. The highest BCUT2D eigenvalue weighted by atomic mass is 19.1. The van der Waals surface area contributed by atoms with Crippen LogP contribution in [-0.2, 0) is 16.1 Å². The smallest absolute Gasteiger partial charge is 0.251 e. The Bertz CT molecular complexity index is 1580. The van der Waals surface area contributed by atoms with Gasteiger partial charge in [-0.3, -0.25) is 19.4 Å². The second-order valence-corrected chi connectivity index (χ2v) is 11.1.